The lowest BCUT2D eigenvalue weighted by Gasteiger charge is -2.42. The Morgan fingerprint density at radius 1 is 1.67 bits per heavy atom. The zero-order chi connectivity index (χ0) is 11.1. The van der Waals surface area contributed by atoms with Crippen molar-refractivity contribution in [3.63, 3.8) is 0 Å². The minimum Gasteiger partial charge on any atom is -0.477 e. The number of carboxylic acid groups (broad SMARTS) is 1. The summed E-state index contributed by atoms with van der Waals surface area (Å²) in [6.07, 6.45) is 3.64. The number of hydrogen-bond donors (Lipinski definition) is 2. The summed E-state index contributed by atoms with van der Waals surface area (Å²) >= 11 is 1.20. The quantitative estimate of drug-likeness (QED) is 0.831. The van der Waals surface area contributed by atoms with Crippen molar-refractivity contribution in [3.05, 3.63) is 11.1 Å². The van der Waals surface area contributed by atoms with E-state index in [0.29, 0.717) is 16.6 Å². The van der Waals surface area contributed by atoms with Crippen molar-refractivity contribution in [2.45, 2.75) is 32.7 Å². The minimum atomic E-state index is -0.908. The minimum absolute atomic E-state index is 0.288. The molecule has 15 heavy (non-hydrogen) atoms. The summed E-state index contributed by atoms with van der Waals surface area (Å²) < 4.78 is 0. The Balaban J connectivity index is 1.92. The van der Waals surface area contributed by atoms with Gasteiger partial charge in [-0.3, -0.25) is 0 Å². The van der Waals surface area contributed by atoms with Crippen LogP contribution in [0.1, 0.15) is 36.4 Å². The molecule has 0 amide bonds. The molecular weight excluding hydrogens is 212 g/mol. The van der Waals surface area contributed by atoms with Gasteiger partial charge in [-0.25, -0.2) is 9.78 Å². The normalized spacial score (nSPS) is 19.6. The maximum Gasteiger partial charge on any atom is 0.347 e. The number of thiazole rings is 1. The summed E-state index contributed by atoms with van der Waals surface area (Å²) in [5, 5.41) is 12.7. The molecule has 0 aliphatic heterocycles. The molecule has 2 rings (SSSR count). The number of rotatable bonds is 3. The summed E-state index contributed by atoms with van der Waals surface area (Å²) in [6, 6.07) is 0.452. The second kappa shape index (κ2) is 3.48. The third kappa shape index (κ3) is 2.28. The van der Waals surface area contributed by atoms with E-state index in [-0.39, 0.29) is 4.88 Å². The smallest absolute Gasteiger partial charge is 0.347 e. The molecule has 0 atom stereocenters. The Morgan fingerprint density at radius 2 is 2.33 bits per heavy atom. The van der Waals surface area contributed by atoms with Gasteiger partial charge in [0.05, 0.1) is 6.20 Å². The van der Waals surface area contributed by atoms with Gasteiger partial charge in [0, 0.05) is 6.04 Å². The van der Waals surface area contributed by atoms with Gasteiger partial charge >= 0.3 is 5.97 Å². The first-order chi connectivity index (χ1) is 6.96. The van der Waals surface area contributed by atoms with Gasteiger partial charge in [0.25, 0.3) is 0 Å². The molecule has 1 aromatic rings. The Kier molecular flexibility index (Phi) is 2.42. The third-order valence-corrected chi connectivity index (χ3v) is 3.56. The van der Waals surface area contributed by atoms with Gasteiger partial charge in [-0.1, -0.05) is 25.2 Å². The molecule has 82 valence electrons. The van der Waals surface area contributed by atoms with Crippen molar-refractivity contribution in [3.8, 4) is 0 Å². The number of aromatic carboxylic acids is 1. The molecule has 1 aliphatic rings. The Hall–Kier alpha value is -1.10. The molecule has 2 N–H and O–H groups in total. The molecule has 1 fully saturated rings. The van der Waals surface area contributed by atoms with Crippen molar-refractivity contribution in [1.82, 2.24) is 4.98 Å². The van der Waals surface area contributed by atoms with Crippen LogP contribution in [0.3, 0.4) is 0 Å². The first-order valence-corrected chi connectivity index (χ1v) is 5.74. The van der Waals surface area contributed by atoms with Gasteiger partial charge < -0.3 is 10.4 Å². The molecule has 0 unspecified atom stereocenters. The standard InChI is InChI=1S/C10H14N2O2S/c1-10(2)3-6(4-10)12-9-11-5-7(15-9)8(13)14/h5-6H,3-4H2,1-2H3,(H,11,12)(H,13,14). The van der Waals surface area contributed by atoms with Gasteiger partial charge in [0.2, 0.25) is 0 Å². The average molecular weight is 226 g/mol. The van der Waals surface area contributed by atoms with Crippen LogP contribution < -0.4 is 5.32 Å². The Morgan fingerprint density at radius 3 is 2.80 bits per heavy atom. The van der Waals surface area contributed by atoms with Crippen LogP contribution >= 0.6 is 11.3 Å². The maximum absolute atomic E-state index is 10.6. The SMILES string of the molecule is CC1(C)CC(Nc2ncc(C(=O)O)s2)C1. The second-order valence-corrected chi connectivity index (χ2v) is 5.78. The number of carboxylic acids is 1. The molecule has 0 aromatic carbocycles. The lowest BCUT2D eigenvalue weighted by molar-refractivity contribution is 0.0702. The van der Waals surface area contributed by atoms with Gasteiger partial charge in [-0.15, -0.1) is 0 Å². The summed E-state index contributed by atoms with van der Waals surface area (Å²) in [6.45, 7) is 4.46. The fourth-order valence-electron chi connectivity index (χ4n) is 1.99. The van der Waals surface area contributed by atoms with Gasteiger partial charge in [-0.05, 0) is 18.3 Å². The van der Waals surface area contributed by atoms with E-state index in [0.717, 1.165) is 12.8 Å². The molecule has 0 saturated heterocycles. The van der Waals surface area contributed by atoms with Crippen LogP contribution in [0, 0.1) is 5.41 Å². The molecule has 1 aromatic heterocycles. The largest absolute Gasteiger partial charge is 0.477 e. The fourth-order valence-corrected chi connectivity index (χ4v) is 2.72. The average Bonchev–Trinajstić information content (AvgIpc) is 2.49. The van der Waals surface area contributed by atoms with Crippen LogP contribution in [-0.4, -0.2) is 22.1 Å². The van der Waals surface area contributed by atoms with Crippen LogP contribution in [0.5, 0.6) is 0 Å². The van der Waals surface area contributed by atoms with Crippen molar-refractivity contribution >= 4 is 22.4 Å². The first kappa shape index (κ1) is 10.4. The zero-order valence-corrected chi connectivity index (χ0v) is 9.60. The molecule has 1 aliphatic carbocycles. The second-order valence-electron chi connectivity index (χ2n) is 4.75. The number of carbonyl (C=O) groups is 1. The molecule has 0 bridgehead atoms. The number of aromatic nitrogens is 1. The summed E-state index contributed by atoms with van der Waals surface area (Å²) in [5.41, 5.74) is 0.421. The molecule has 0 spiro atoms. The summed E-state index contributed by atoms with van der Waals surface area (Å²) in [7, 11) is 0. The first-order valence-electron chi connectivity index (χ1n) is 4.92. The molecule has 4 nitrogen and oxygen atoms in total. The van der Waals surface area contributed by atoms with E-state index in [9.17, 15) is 4.79 Å². The van der Waals surface area contributed by atoms with Gasteiger partial charge in [-0.2, -0.15) is 0 Å². The monoisotopic (exact) mass is 226 g/mol. The predicted octanol–water partition coefficient (Wildman–Crippen LogP) is 2.44. The van der Waals surface area contributed by atoms with E-state index in [4.69, 9.17) is 5.11 Å². The topological polar surface area (TPSA) is 62.2 Å². The highest BCUT2D eigenvalue weighted by Crippen LogP contribution is 2.41. The lowest BCUT2D eigenvalue weighted by atomic mass is 9.68. The molecule has 1 heterocycles. The van der Waals surface area contributed by atoms with E-state index in [2.05, 4.69) is 24.1 Å². The predicted molar refractivity (Wildman–Crippen MR) is 59.5 cm³/mol. The Labute approximate surface area is 92.3 Å². The highest BCUT2D eigenvalue weighted by atomic mass is 32.1. The highest BCUT2D eigenvalue weighted by molar-refractivity contribution is 7.17. The maximum atomic E-state index is 10.6. The molecule has 1 saturated carbocycles. The van der Waals surface area contributed by atoms with Crippen LogP contribution in [0.25, 0.3) is 0 Å². The van der Waals surface area contributed by atoms with Crippen LogP contribution in [0.15, 0.2) is 6.20 Å². The van der Waals surface area contributed by atoms with Gasteiger partial charge in [0.15, 0.2) is 5.13 Å². The number of nitrogens with one attached hydrogen (secondary N) is 1. The number of nitrogens with zero attached hydrogens (tertiary/aromatic N) is 1. The number of anilines is 1. The van der Waals surface area contributed by atoms with Crippen LogP contribution in [-0.2, 0) is 0 Å². The van der Waals surface area contributed by atoms with Crippen LogP contribution in [0.2, 0.25) is 0 Å². The van der Waals surface area contributed by atoms with E-state index in [1.807, 2.05) is 0 Å². The van der Waals surface area contributed by atoms with E-state index in [1.165, 1.54) is 17.5 Å². The fraction of sp³-hybridized carbons (Fsp3) is 0.600. The van der Waals surface area contributed by atoms with Crippen molar-refractivity contribution in [2.24, 2.45) is 5.41 Å². The molecule has 0 radical (unpaired) electrons. The summed E-state index contributed by atoms with van der Waals surface area (Å²) in [4.78, 5) is 15.0. The summed E-state index contributed by atoms with van der Waals surface area (Å²) in [5.74, 6) is -0.908. The zero-order valence-electron chi connectivity index (χ0n) is 8.78. The van der Waals surface area contributed by atoms with Crippen LogP contribution in [0.4, 0.5) is 5.13 Å². The Bertz CT molecular complexity index is 379. The van der Waals surface area contributed by atoms with E-state index >= 15 is 0 Å². The molecular formula is C10H14N2O2S. The van der Waals surface area contributed by atoms with Gasteiger partial charge in [0.1, 0.15) is 4.88 Å². The van der Waals surface area contributed by atoms with E-state index in [1.54, 1.807) is 0 Å². The van der Waals surface area contributed by atoms with Crippen molar-refractivity contribution in [1.29, 1.82) is 0 Å². The lowest BCUT2D eigenvalue weighted by Crippen LogP contribution is -2.41. The highest BCUT2D eigenvalue weighted by Gasteiger charge is 2.36. The molecule has 5 heteroatoms. The van der Waals surface area contributed by atoms with E-state index < -0.39 is 5.97 Å². The van der Waals surface area contributed by atoms with Crippen molar-refractivity contribution < 1.29 is 9.90 Å². The van der Waals surface area contributed by atoms with Crippen molar-refractivity contribution in [2.75, 3.05) is 5.32 Å². The third-order valence-electron chi connectivity index (χ3n) is 2.64. The number of hydrogen-bond acceptors (Lipinski definition) is 4.